The number of rotatable bonds is 4. The van der Waals surface area contributed by atoms with E-state index in [-0.39, 0.29) is 31.2 Å². The molecule has 0 N–H and O–H groups in total. The number of sulfonamides is 1. The minimum Gasteiger partial charge on any atom is -0.366 e. The lowest BCUT2D eigenvalue weighted by molar-refractivity contribution is 0.378. The second-order valence-electron chi connectivity index (χ2n) is 6.84. The summed E-state index contributed by atoms with van der Waals surface area (Å²) in [5.41, 5.74) is 0.422. The molecule has 0 radical (unpaired) electrons. The zero-order valence-electron chi connectivity index (χ0n) is 16.1. The number of anilines is 1. The van der Waals surface area contributed by atoms with E-state index < -0.39 is 32.1 Å². The predicted octanol–water partition coefficient (Wildman–Crippen LogP) is 2.68. The fraction of sp³-hybridized carbons (Fsp3) is 0.200. The van der Waals surface area contributed by atoms with Gasteiger partial charge in [-0.05, 0) is 24.3 Å². The molecule has 0 saturated carbocycles. The summed E-state index contributed by atoms with van der Waals surface area (Å²) in [5, 5.41) is 4.12. The van der Waals surface area contributed by atoms with Gasteiger partial charge in [0.25, 0.3) is 5.56 Å². The summed E-state index contributed by atoms with van der Waals surface area (Å²) in [7, 11) is -4.35. The molecule has 1 fully saturated rings. The molecule has 0 spiro atoms. The third-order valence-electron chi connectivity index (χ3n) is 5.00. The lowest BCUT2D eigenvalue weighted by Crippen LogP contribution is -2.49. The molecular formula is C20H17ClF2N4O3S. The van der Waals surface area contributed by atoms with Crippen LogP contribution in [-0.4, -0.2) is 48.7 Å². The average molecular weight is 467 g/mol. The minimum absolute atomic E-state index is 0.0335. The second-order valence-corrected chi connectivity index (χ2v) is 9.09. The molecule has 2 aromatic carbocycles. The highest BCUT2D eigenvalue weighted by Gasteiger charge is 2.33. The van der Waals surface area contributed by atoms with E-state index in [4.69, 9.17) is 11.6 Å². The molecule has 1 aliphatic heterocycles. The van der Waals surface area contributed by atoms with E-state index in [2.05, 4.69) is 5.10 Å². The third-order valence-corrected chi connectivity index (χ3v) is 7.30. The van der Waals surface area contributed by atoms with Gasteiger partial charge in [0.2, 0.25) is 10.0 Å². The largest absolute Gasteiger partial charge is 0.366 e. The van der Waals surface area contributed by atoms with Crippen LogP contribution in [0.5, 0.6) is 0 Å². The van der Waals surface area contributed by atoms with Crippen molar-refractivity contribution in [2.75, 3.05) is 31.1 Å². The monoisotopic (exact) mass is 466 g/mol. The SMILES string of the molecule is O=c1c(Cl)c(N2CCN(S(=O)(=O)c3c(F)cccc3F)CC2)cnn1-c1ccccc1. The van der Waals surface area contributed by atoms with Crippen LogP contribution in [0.15, 0.2) is 64.4 Å². The summed E-state index contributed by atoms with van der Waals surface area (Å²) in [4.78, 5) is 13.4. The van der Waals surface area contributed by atoms with Gasteiger partial charge in [0.05, 0.1) is 17.6 Å². The molecular weight excluding hydrogens is 450 g/mol. The highest BCUT2D eigenvalue weighted by Crippen LogP contribution is 2.27. The smallest absolute Gasteiger partial charge is 0.292 e. The molecule has 1 aliphatic rings. The number of hydrogen-bond donors (Lipinski definition) is 0. The lowest BCUT2D eigenvalue weighted by Gasteiger charge is -2.35. The van der Waals surface area contributed by atoms with Gasteiger partial charge in [-0.3, -0.25) is 4.79 Å². The van der Waals surface area contributed by atoms with Crippen LogP contribution >= 0.6 is 11.6 Å². The van der Waals surface area contributed by atoms with Crippen LogP contribution in [0.1, 0.15) is 0 Å². The van der Waals surface area contributed by atoms with Crippen LogP contribution < -0.4 is 10.5 Å². The molecule has 11 heteroatoms. The van der Waals surface area contributed by atoms with Gasteiger partial charge < -0.3 is 4.90 Å². The van der Waals surface area contributed by atoms with E-state index in [0.29, 0.717) is 11.4 Å². The summed E-state index contributed by atoms with van der Waals surface area (Å²) < 4.78 is 55.6. The molecule has 0 bridgehead atoms. The van der Waals surface area contributed by atoms with Crippen molar-refractivity contribution in [2.24, 2.45) is 0 Å². The fourth-order valence-electron chi connectivity index (χ4n) is 3.43. The van der Waals surface area contributed by atoms with Crippen LogP contribution in [0.2, 0.25) is 5.02 Å². The van der Waals surface area contributed by atoms with Crippen molar-refractivity contribution in [3.8, 4) is 5.69 Å². The van der Waals surface area contributed by atoms with E-state index in [1.165, 1.54) is 10.9 Å². The van der Waals surface area contributed by atoms with E-state index in [0.717, 1.165) is 22.5 Å². The Morgan fingerprint density at radius 3 is 2.13 bits per heavy atom. The van der Waals surface area contributed by atoms with E-state index in [1.807, 2.05) is 6.07 Å². The van der Waals surface area contributed by atoms with Gasteiger partial charge in [-0.1, -0.05) is 35.9 Å². The molecule has 0 amide bonds. The summed E-state index contributed by atoms with van der Waals surface area (Å²) in [6.07, 6.45) is 1.44. The topological polar surface area (TPSA) is 75.5 Å². The van der Waals surface area contributed by atoms with E-state index in [1.54, 1.807) is 29.2 Å². The van der Waals surface area contributed by atoms with Crippen molar-refractivity contribution in [3.63, 3.8) is 0 Å². The molecule has 1 saturated heterocycles. The standard InChI is InChI=1S/C20H17ClF2N4O3S/c21-18-17(13-24-27(20(18)28)14-5-2-1-3-6-14)25-9-11-26(12-10-25)31(29,30)19-15(22)7-4-8-16(19)23/h1-8,13H,9-12H2. The first-order chi connectivity index (χ1) is 14.8. The number of aromatic nitrogens is 2. The Bertz CT molecular complexity index is 1260. The second kappa shape index (κ2) is 8.37. The van der Waals surface area contributed by atoms with Gasteiger partial charge in [0.1, 0.15) is 16.7 Å². The van der Waals surface area contributed by atoms with Crippen LogP contribution in [-0.2, 0) is 10.0 Å². The molecule has 0 aliphatic carbocycles. The van der Waals surface area contributed by atoms with Crippen LogP contribution in [0.4, 0.5) is 14.5 Å². The van der Waals surface area contributed by atoms with Crippen molar-refractivity contribution in [3.05, 3.63) is 81.7 Å². The summed E-state index contributed by atoms with van der Waals surface area (Å²) in [5.74, 6) is -2.28. The minimum atomic E-state index is -4.35. The van der Waals surface area contributed by atoms with Gasteiger partial charge in [-0.25, -0.2) is 17.2 Å². The predicted molar refractivity (Wildman–Crippen MR) is 112 cm³/mol. The Hall–Kier alpha value is -2.82. The number of hydrogen-bond acceptors (Lipinski definition) is 5. The number of piperazine rings is 1. The first-order valence-electron chi connectivity index (χ1n) is 9.33. The first-order valence-corrected chi connectivity index (χ1v) is 11.1. The van der Waals surface area contributed by atoms with Gasteiger partial charge in [0.15, 0.2) is 4.90 Å². The van der Waals surface area contributed by atoms with Crippen molar-refractivity contribution < 1.29 is 17.2 Å². The summed E-state index contributed by atoms with van der Waals surface area (Å²) in [6.45, 7) is 0.277. The Kier molecular flexibility index (Phi) is 5.78. The third kappa shape index (κ3) is 3.93. The van der Waals surface area contributed by atoms with Crippen molar-refractivity contribution in [1.29, 1.82) is 0 Å². The number of halogens is 3. The summed E-state index contributed by atoms with van der Waals surface area (Å²) in [6, 6.07) is 11.7. The number of nitrogens with zero attached hydrogens (tertiary/aromatic N) is 4. The number of para-hydroxylation sites is 1. The van der Waals surface area contributed by atoms with Crippen LogP contribution in [0.25, 0.3) is 5.69 Å². The van der Waals surface area contributed by atoms with Gasteiger partial charge in [-0.2, -0.15) is 14.1 Å². The van der Waals surface area contributed by atoms with Gasteiger partial charge >= 0.3 is 0 Å². The Morgan fingerprint density at radius 1 is 0.903 bits per heavy atom. The van der Waals surface area contributed by atoms with Crippen LogP contribution in [0.3, 0.4) is 0 Å². The van der Waals surface area contributed by atoms with Gasteiger partial charge in [0, 0.05) is 26.2 Å². The fourth-order valence-corrected chi connectivity index (χ4v) is 5.20. The molecule has 2 heterocycles. The maximum absolute atomic E-state index is 14.0. The molecule has 31 heavy (non-hydrogen) atoms. The average Bonchev–Trinajstić information content (AvgIpc) is 2.76. The van der Waals surface area contributed by atoms with Crippen molar-refractivity contribution in [1.82, 2.24) is 14.1 Å². The maximum Gasteiger partial charge on any atom is 0.292 e. The Labute approximate surface area is 182 Å². The molecule has 162 valence electrons. The zero-order chi connectivity index (χ0) is 22.2. The maximum atomic E-state index is 14.0. The molecule has 3 aromatic rings. The van der Waals surface area contributed by atoms with Crippen molar-refractivity contribution >= 4 is 27.3 Å². The number of benzene rings is 2. The molecule has 0 unspecified atom stereocenters. The lowest BCUT2D eigenvalue weighted by atomic mass is 10.3. The highest BCUT2D eigenvalue weighted by atomic mass is 35.5. The summed E-state index contributed by atoms with van der Waals surface area (Å²) >= 11 is 6.30. The molecule has 0 atom stereocenters. The Balaban J connectivity index is 1.56. The van der Waals surface area contributed by atoms with E-state index >= 15 is 0 Å². The highest BCUT2D eigenvalue weighted by molar-refractivity contribution is 7.89. The van der Waals surface area contributed by atoms with Gasteiger partial charge in [-0.15, -0.1) is 0 Å². The van der Waals surface area contributed by atoms with Crippen molar-refractivity contribution in [2.45, 2.75) is 4.90 Å². The Morgan fingerprint density at radius 2 is 1.52 bits per heavy atom. The zero-order valence-corrected chi connectivity index (χ0v) is 17.7. The molecule has 4 rings (SSSR count). The molecule has 1 aromatic heterocycles. The van der Waals surface area contributed by atoms with Crippen LogP contribution in [0, 0.1) is 11.6 Å². The quantitative estimate of drug-likeness (QED) is 0.591. The first kappa shape index (κ1) is 21.4. The van der Waals surface area contributed by atoms with E-state index in [9.17, 15) is 22.0 Å². The normalized spacial score (nSPS) is 15.3. The molecule has 7 nitrogen and oxygen atoms in total.